The molecule has 0 unspecified atom stereocenters. The number of amides is 1. The topological polar surface area (TPSA) is 49.3 Å². The SMILES string of the molecule is [CH2]NC(=O)CCO. The number of carbonyl (C=O) groups is 1. The molecule has 7 heavy (non-hydrogen) atoms. The molecule has 0 aromatic carbocycles. The summed E-state index contributed by atoms with van der Waals surface area (Å²) >= 11 is 0. The van der Waals surface area contributed by atoms with Crippen molar-refractivity contribution in [2.45, 2.75) is 6.42 Å². The summed E-state index contributed by atoms with van der Waals surface area (Å²) in [6, 6.07) is 0. The summed E-state index contributed by atoms with van der Waals surface area (Å²) in [6.07, 6.45) is 0.142. The van der Waals surface area contributed by atoms with Crippen LogP contribution in [0.5, 0.6) is 0 Å². The van der Waals surface area contributed by atoms with Crippen LogP contribution in [0.1, 0.15) is 6.42 Å². The maximum atomic E-state index is 10.1. The molecule has 1 radical (unpaired) electrons. The van der Waals surface area contributed by atoms with E-state index >= 15 is 0 Å². The Labute approximate surface area is 42.3 Å². The average Bonchev–Trinajstić information content (AvgIpc) is 1.68. The predicted molar refractivity (Wildman–Crippen MR) is 25.2 cm³/mol. The summed E-state index contributed by atoms with van der Waals surface area (Å²) in [6.45, 7) is -0.110. The van der Waals surface area contributed by atoms with E-state index in [2.05, 4.69) is 12.4 Å². The quantitative estimate of drug-likeness (QED) is 0.483. The van der Waals surface area contributed by atoms with Crippen LogP contribution in [0.4, 0.5) is 0 Å². The van der Waals surface area contributed by atoms with E-state index in [0.29, 0.717) is 0 Å². The molecule has 0 aliphatic carbocycles. The minimum absolute atomic E-state index is 0.110. The molecule has 0 aromatic heterocycles. The monoisotopic (exact) mass is 102 g/mol. The van der Waals surface area contributed by atoms with Gasteiger partial charge >= 0.3 is 0 Å². The van der Waals surface area contributed by atoms with Crippen LogP contribution in [0.2, 0.25) is 0 Å². The van der Waals surface area contributed by atoms with Gasteiger partial charge in [0.25, 0.3) is 0 Å². The molecular weight excluding hydrogens is 94.0 g/mol. The Bertz CT molecular complexity index is 62.7. The summed E-state index contributed by atoms with van der Waals surface area (Å²) < 4.78 is 0. The third-order valence-electron chi connectivity index (χ3n) is 0.536. The normalized spacial score (nSPS) is 8.29. The summed E-state index contributed by atoms with van der Waals surface area (Å²) in [7, 11) is 3.09. The van der Waals surface area contributed by atoms with Crippen LogP contribution in [-0.2, 0) is 4.79 Å². The van der Waals surface area contributed by atoms with E-state index < -0.39 is 0 Å². The minimum Gasteiger partial charge on any atom is -0.396 e. The second kappa shape index (κ2) is 3.61. The lowest BCUT2D eigenvalue weighted by Gasteiger charge is -1.90. The highest BCUT2D eigenvalue weighted by Gasteiger charge is 1.91. The zero-order valence-electron chi connectivity index (χ0n) is 3.98. The number of hydrogen-bond donors (Lipinski definition) is 2. The lowest BCUT2D eigenvalue weighted by atomic mass is 10.4. The van der Waals surface area contributed by atoms with Crippen molar-refractivity contribution in [1.82, 2.24) is 5.32 Å². The first-order chi connectivity index (χ1) is 3.31. The van der Waals surface area contributed by atoms with Gasteiger partial charge in [-0.25, -0.2) is 0 Å². The molecule has 0 rings (SSSR count). The predicted octanol–water partition coefficient (Wildman–Crippen LogP) is -0.723. The fourth-order valence-corrected chi connectivity index (χ4v) is 0.190. The zero-order chi connectivity index (χ0) is 5.70. The number of aliphatic hydroxyl groups is 1. The molecule has 2 N–H and O–H groups in total. The molecule has 0 atom stereocenters. The summed E-state index contributed by atoms with van der Waals surface area (Å²) in [4.78, 5) is 10.1. The van der Waals surface area contributed by atoms with Crippen molar-refractivity contribution in [3.05, 3.63) is 7.05 Å². The highest BCUT2D eigenvalue weighted by atomic mass is 16.3. The molecule has 0 bridgehead atoms. The van der Waals surface area contributed by atoms with Gasteiger partial charge in [0.1, 0.15) is 0 Å². The zero-order valence-corrected chi connectivity index (χ0v) is 3.98. The Hall–Kier alpha value is -0.570. The number of nitrogens with one attached hydrogen (secondary N) is 1. The number of rotatable bonds is 2. The summed E-state index contributed by atoms with van der Waals surface area (Å²) in [5.74, 6) is -0.234. The van der Waals surface area contributed by atoms with Crippen LogP contribution >= 0.6 is 0 Å². The molecule has 0 aliphatic heterocycles. The summed E-state index contributed by atoms with van der Waals surface area (Å²) in [5.41, 5.74) is 0. The maximum Gasteiger partial charge on any atom is 0.222 e. The fraction of sp³-hybridized carbons (Fsp3) is 0.500. The summed E-state index contributed by atoms with van der Waals surface area (Å²) in [5, 5.41) is 10.2. The smallest absolute Gasteiger partial charge is 0.222 e. The minimum atomic E-state index is -0.234. The van der Waals surface area contributed by atoms with Crippen molar-refractivity contribution in [2.75, 3.05) is 6.61 Å². The lowest BCUT2D eigenvalue weighted by Crippen LogP contribution is -2.15. The van der Waals surface area contributed by atoms with E-state index in [4.69, 9.17) is 5.11 Å². The van der Waals surface area contributed by atoms with Crippen LogP contribution < -0.4 is 5.32 Å². The Morgan fingerprint density at radius 1 is 1.86 bits per heavy atom. The second-order valence-electron chi connectivity index (χ2n) is 1.07. The van der Waals surface area contributed by atoms with Gasteiger partial charge in [0.05, 0.1) is 6.61 Å². The second-order valence-corrected chi connectivity index (χ2v) is 1.07. The first-order valence-corrected chi connectivity index (χ1v) is 1.98. The molecule has 0 saturated carbocycles. The van der Waals surface area contributed by atoms with Crippen LogP contribution in [0, 0.1) is 7.05 Å². The van der Waals surface area contributed by atoms with Gasteiger partial charge in [-0.1, -0.05) is 0 Å². The van der Waals surface area contributed by atoms with Crippen molar-refractivity contribution < 1.29 is 9.90 Å². The van der Waals surface area contributed by atoms with Crippen LogP contribution in [-0.4, -0.2) is 17.6 Å². The van der Waals surface area contributed by atoms with Crippen molar-refractivity contribution in [1.29, 1.82) is 0 Å². The van der Waals surface area contributed by atoms with Gasteiger partial charge in [-0.3, -0.25) is 4.79 Å². The first-order valence-electron chi connectivity index (χ1n) is 1.98. The van der Waals surface area contributed by atoms with Gasteiger partial charge in [-0.2, -0.15) is 0 Å². The van der Waals surface area contributed by atoms with E-state index in [1.54, 1.807) is 0 Å². The van der Waals surface area contributed by atoms with E-state index in [-0.39, 0.29) is 18.9 Å². The Morgan fingerprint density at radius 3 is 2.57 bits per heavy atom. The van der Waals surface area contributed by atoms with Crippen molar-refractivity contribution in [2.24, 2.45) is 0 Å². The lowest BCUT2D eigenvalue weighted by molar-refractivity contribution is -0.120. The number of aliphatic hydroxyl groups excluding tert-OH is 1. The van der Waals surface area contributed by atoms with Gasteiger partial charge < -0.3 is 10.4 Å². The van der Waals surface area contributed by atoms with Crippen LogP contribution in [0.3, 0.4) is 0 Å². The van der Waals surface area contributed by atoms with E-state index in [1.807, 2.05) is 0 Å². The largest absolute Gasteiger partial charge is 0.396 e. The molecule has 3 heteroatoms. The van der Waals surface area contributed by atoms with Gasteiger partial charge in [0, 0.05) is 13.5 Å². The van der Waals surface area contributed by atoms with Gasteiger partial charge in [-0.15, -0.1) is 0 Å². The van der Waals surface area contributed by atoms with Crippen LogP contribution in [0.15, 0.2) is 0 Å². The molecule has 0 fully saturated rings. The van der Waals surface area contributed by atoms with E-state index in [1.165, 1.54) is 0 Å². The number of carbonyl (C=O) groups excluding carboxylic acids is 1. The van der Waals surface area contributed by atoms with E-state index in [0.717, 1.165) is 0 Å². The molecule has 0 spiro atoms. The maximum absolute atomic E-state index is 10.1. The molecule has 41 valence electrons. The third kappa shape index (κ3) is 3.26. The molecule has 1 amide bonds. The first kappa shape index (κ1) is 6.43. The highest BCUT2D eigenvalue weighted by molar-refractivity contribution is 5.75. The Balaban J connectivity index is 3.00. The van der Waals surface area contributed by atoms with Crippen molar-refractivity contribution in [3.8, 4) is 0 Å². The van der Waals surface area contributed by atoms with Crippen LogP contribution in [0.25, 0.3) is 0 Å². The molecular formula is C4H8NO2. The highest BCUT2D eigenvalue weighted by Crippen LogP contribution is 1.71. The Kier molecular flexibility index (Phi) is 3.32. The van der Waals surface area contributed by atoms with Gasteiger partial charge in [0.15, 0.2) is 0 Å². The van der Waals surface area contributed by atoms with Crippen molar-refractivity contribution >= 4 is 5.91 Å². The molecule has 0 saturated heterocycles. The fourth-order valence-electron chi connectivity index (χ4n) is 0.190. The standard InChI is InChI=1S/C4H8NO2/c1-5-4(7)2-3-6/h6H,1-3H2,(H,5,7). The molecule has 3 nitrogen and oxygen atoms in total. The van der Waals surface area contributed by atoms with Gasteiger partial charge in [0.2, 0.25) is 5.91 Å². The van der Waals surface area contributed by atoms with Crippen molar-refractivity contribution in [3.63, 3.8) is 0 Å². The molecule has 0 aromatic rings. The van der Waals surface area contributed by atoms with Gasteiger partial charge in [-0.05, 0) is 0 Å². The molecule has 0 aliphatic rings. The number of hydrogen-bond acceptors (Lipinski definition) is 2. The van der Waals surface area contributed by atoms with E-state index in [9.17, 15) is 4.79 Å². The third-order valence-corrected chi connectivity index (χ3v) is 0.536. The average molecular weight is 102 g/mol. The molecule has 0 heterocycles. The Morgan fingerprint density at radius 2 is 2.43 bits per heavy atom.